The number of hydrogen-bond donors (Lipinski definition) is 1. The van der Waals surface area contributed by atoms with Gasteiger partial charge in [0.25, 0.3) is 0 Å². The lowest BCUT2D eigenvalue weighted by Crippen LogP contribution is -2.60. The Morgan fingerprint density at radius 2 is 2.21 bits per heavy atom. The van der Waals surface area contributed by atoms with Gasteiger partial charge in [0.15, 0.2) is 12.4 Å². The Morgan fingerprint density at radius 3 is 2.79 bits per heavy atom. The highest BCUT2D eigenvalue weighted by atomic mass is 32.2. The van der Waals surface area contributed by atoms with E-state index in [-0.39, 0.29) is 36.0 Å². The van der Waals surface area contributed by atoms with Crippen LogP contribution in [0.2, 0.25) is 0 Å². The number of carbonyl (C=O) groups excluding carboxylic acids is 2. The van der Waals surface area contributed by atoms with Gasteiger partial charge >= 0.3 is 11.8 Å². The van der Waals surface area contributed by atoms with Crippen molar-refractivity contribution in [2.45, 2.75) is 25.0 Å². The van der Waals surface area contributed by atoms with Crippen LogP contribution in [0.25, 0.3) is 0 Å². The number of aliphatic hydroxyl groups excluding tert-OH is 1. The Bertz CT molecular complexity index is 748. The van der Waals surface area contributed by atoms with Crippen molar-refractivity contribution in [3.8, 4) is 0 Å². The van der Waals surface area contributed by atoms with Crippen LogP contribution in [0.4, 0.5) is 0 Å². The Hall–Kier alpha value is -2.04. The van der Waals surface area contributed by atoms with E-state index in [1.54, 1.807) is 0 Å². The van der Waals surface area contributed by atoms with Gasteiger partial charge < -0.3 is 23.4 Å². The number of methoxy groups -OCH3 is 1. The average molecular weight is 357 g/mol. The van der Waals surface area contributed by atoms with Crippen LogP contribution >= 0.6 is 11.8 Å². The molecule has 9 nitrogen and oxygen atoms in total. The summed E-state index contributed by atoms with van der Waals surface area (Å²) >= 11 is 1.29. The van der Waals surface area contributed by atoms with Crippen LogP contribution in [-0.2, 0) is 25.7 Å². The number of aliphatic hydroxyl groups is 1. The van der Waals surface area contributed by atoms with Gasteiger partial charge in [-0.2, -0.15) is 0 Å². The molecular weight excluding hydrogens is 342 g/mol. The van der Waals surface area contributed by atoms with Gasteiger partial charge in [0, 0.05) is 12.0 Å². The number of hydrogen-bond acceptors (Lipinski definition) is 9. The lowest BCUT2D eigenvalue weighted by molar-refractivity contribution is -0.158. The Balaban J connectivity index is 1.75. The highest BCUT2D eigenvalue weighted by Gasteiger charge is 2.57. The smallest absolute Gasteiger partial charge is 0.453 e. The molecule has 2 aliphatic heterocycles. The molecule has 3 heterocycles. The Kier molecular flexibility index (Phi) is 4.52. The first-order chi connectivity index (χ1) is 11.4. The molecule has 3 atom stereocenters. The molecule has 1 fully saturated rings. The fourth-order valence-corrected chi connectivity index (χ4v) is 4.19. The van der Waals surface area contributed by atoms with E-state index in [2.05, 4.69) is 8.83 Å². The van der Waals surface area contributed by atoms with Gasteiger partial charge in [-0.05, 0) is 6.92 Å². The zero-order chi connectivity index (χ0) is 17.4. The summed E-state index contributed by atoms with van der Waals surface area (Å²) in [7, 11) is 1.47. The molecule has 1 amide bonds. The van der Waals surface area contributed by atoms with E-state index in [0.29, 0.717) is 4.91 Å². The maximum atomic E-state index is 12.4. The highest BCUT2D eigenvalue weighted by molar-refractivity contribution is 8.04. The van der Waals surface area contributed by atoms with Gasteiger partial charge in [-0.15, -0.1) is 0 Å². The molecule has 0 aliphatic carbocycles. The summed E-state index contributed by atoms with van der Waals surface area (Å²) in [5.41, 5.74) is 0.0968. The topological polar surface area (TPSA) is 119 Å². The number of carbonyl (C=O) groups is 2. The predicted octanol–water partition coefficient (Wildman–Crippen LogP) is 0.0461. The minimum Gasteiger partial charge on any atom is -0.453 e. The summed E-state index contributed by atoms with van der Waals surface area (Å²) in [5, 5.41) is 9.36. The number of thioether (sulfide) groups is 1. The summed E-state index contributed by atoms with van der Waals surface area (Å²) in [4.78, 5) is 37.2. The summed E-state index contributed by atoms with van der Waals surface area (Å²) in [6, 6.07) is 0. The van der Waals surface area contributed by atoms with Gasteiger partial charge in [0.05, 0.1) is 18.6 Å². The van der Waals surface area contributed by atoms with Gasteiger partial charge in [0.1, 0.15) is 17.3 Å². The van der Waals surface area contributed by atoms with Gasteiger partial charge in [-0.1, -0.05) is 11.8 Å². The van der Waals surface area contributed by atoms with Crippen molar-refractivity contribution in [3.63, 3.8) is 0 Å². The van der Waals surface area contributed by atoms with E-state index in [0.717, 1.165) is 6.26 Å². The van der Waals surface area contributed by atoms with E-state index in [1.165, 1.54) is 30.7 Å². The lowest BCUT2D eigenvalue weighted by atomic mass is 9.92. The van der Waals surface area contributed by atoms with E-state index >= 15 is 0 Å². The molecule has 0 aromatic carbocycles. The van der Waals surface area contributed by atoms with Crippen molar-refractivity contribution in [2.24, 2.45) is 5.92 Å². The van der Waals surface area contributed by atoms with E-state index in [4.69, 9.17) is 9.47 Å². The maximum Gasteiger partial charge on any atom is 0.518 e. The van der Waals surface area contributed by atoms with Gasteiger partial charge in [0.2, 0.25) is 5.91 Å². The zero-order valence-electron chi connectivity index (χ0n) is 12.9. The molecule has 2 unspecified atom stereocenters. The average Bonchev–Trinajstić information content (AvgIpc) is 3.06. The third-order valence-corrected chi connectivity index (χ3v) is 5.03. The molecule has 0 saturated carbocycles. The molecule has 1 saturated heterocycles. The third kappa shape index (κ3) is 2.76. The molecule has 1 aromatic rings. The predicted molar refractivity (Wildman–Crippen MR) is 79.3 cm³/mol. The Morgan fingerprint density at radius 1 is 1.46 bits per heavy atom. The SMILES string of the molecule is COCC1=C(C(=O)OCc2coc(=O)o2)N2C(=O)C(C(C)O)[C@H]2S1. The molecule has 2 aliphatic rings. The summed E-state index contributed by atoms with van der Waals surface area (Å²) in [6.07, 6.45) is 0.232. The first-order valence-electron chi connectivity index (χ1n) is 7.08. The molecule has 0 bridgehead atoms. The first-order valence-corrected chi connectivity index (χ1v) is 7.96. The Labute approximate surface area is 140 Å². The van der Waals surface area contributed by atoms with Crippen LogP contribution < -0.4 is 5.82 Å². The number of esters is 1. The van der Waals surface area contributed by atoms with Crippen LogP contribution in [0.15, 0.2) is 30.5 Å². The van der Waals surface area contributed by atoms with Crippen LogP contribution in [0.3, 0.4) is 0 Å². The molecule has 0 spiro atoms. The quantitative estimate of drug-likeness (QED) is 0.556. The zero-order valence-corrected chi connectivity index (χ0v) is 13.7. The molecule has 10 heteroatoms. The molecule has 3 rings (SSSR count). The maximum absolute atomic E-state index is 12.4. The largest absolute Gasteiger partial charge is 0.518 e. The number of rotatable bonds is 6. The monoisotopic (exact) mass is 357 g/mol. The van der Waals surface area contributed by atoms with Crippen LogP contribution in [0, 0.1) is 5.92 Å². The number of amides is 1. The van der Waals surface area contributed by atoms with Gasteiger partial charge in [-0.25, -0.2) is 9.59 Å². The number of ether oxygens (including phenoxy) is 2. The van der Waals surface area contributed by atoms with Crippen molar-refractivity contribution in [3.05, 3.63) is 33.2 Å². The first kappa shape index (κ1) is 16.8. The van der Waals surface area contributed by atoms with Crippen molar-refractivity contribution >= 4 is 23.6 Å². The van der Waals surface area contributed by atoms with E-state index in [1.807, 2.05) is 0 Å². The molecule has 0 radical (unpaired) electrons. The molecule has 1 aromatic heterocycles. The minimum absolute atomic E-state index is 0.0567. The minimum atomic E-state index is -0.894. The fraction of sp³-hybridized carbons (Fsp3) is 0.500. The lowest BCUT2D eigenvalue weighted by Gasteiger charge is -2.43. The van der Waals surface area contributed by atoms with E-state index < -0.39 is 23.8 Å². The van der Waals surface area contributed by atoms with Crippen molar-refractivity contribution in [1.82, 2.24) is 4.90 Å². The summed E-state index contributed by atoms with van der Waals surface area (Å²) < 4.78 is 19.2. The summed E-state index contributed by atoms with van der Waals surface area (Å²) in [6.45, 7) is 1.38. The van der Waals surface area contributed by atoms with Crippen LogP contribution in [0.1, 0.15) is 12.7 Å². The second-order valence-electron chi connectivity index (χ2n) is 5.32. The van der Waals surface area contributed by atoms with Crippen molar-refractivity contribution in [1.29, 1.82) is 0 Å². The summed E-state index contributed by atoms with van der Waals surface area (Å²) in [5.74, 6) is -2.48. The van der Waals surface area contributed by atoms with Crippen molar-refractivity contribution in [2.75, 3.05) is 13.7 Å². The molecule has 24 heavy (non-hydrogen) atoms. The molecule has 1 N–H and O–H groups in total. The normalized spacial score (nSPS) is 24.0. The van der Waals surface area contributed by atoms with Crippen LogP contribution in [-0.4, -0.2) is 47.1 Å². The standard InChI is InChI=1S/C14H15NO8S/c1-6(16)9-11(17)15-10(8(5-20-2)24-12(9)15)13(18)21-3-7-4-22-14(19)23-7/h4,6,9,12,16H,3,5H2,1-2H3/t6?,9?,12-/m1/s1. The van der Waals surface area contributed by atoms with Gasteiger partial charge in [-0.3, -0.25) is 9.69 Å². The molecule has 130 valence electrons. The second-order valence-corrected chi connectivity index (χ2v) is 6.53. The number of β-lactam (4-membered cyclic amide) rings is 1. The third-order valence-electron chi connectivity index (χ3n) is 3.69. The number of nitrogens with zero attached hydrogens (tertiary/aromatic N) is 1. The fourth-order valence-electron chi connectivity index (χ4n) is 2.61. The second kappa shape index (κ2) is 6.46. The number of fused-ring (bicyclic) bond motifs is 1. The van der Waals surface area contributed by atoms with Crippen LogP contribution in [0.5, 0.6) is 0 Å². The van der Waals surface area contributed by atoms with E-state index in [9.17, 15) is 19.5 Å². The molecular formula is C14H15NO8S. The highest BCUT2D eigenvalue weighted by Crippen LogP contribution is 2.50. The van der Waals surface area contributed by atoms with Crippen molar-refractivity contribution < 1.29 is 33.0 Å².